The molecule has 1 aliphatic heterocycles. The Hall–Kier alpha value is -2.07. The summed E-state index contributed by atoms with van der Waals surface area (Å²) >= 11 is 0. The molecule has 0 saturated carbocycles. The molecule has 2 aromatic rings. The third-order valence-electron chi connectivity index (χ3n) is 3.29. The highest BCUT2D eigenvalue weighted by atomic mass is 15.3. The molecular weight excluding hydrogens is 236 g/mol. The summed E-state index contributed by atoms with van der Waals surface area (Å²) in [4.78, 5) is 6.68. The van der Waals surface area contributed by atoms with E-state index in [1.54, 1.807) is 0 Å². The second-order valence-corrected chi connectivity index (χ2v) is 4.66. The summed E-state index contributed by atoms with van der Waals surface area (Å²) in [5.74, 6) is 0.924. The monoisotopic (exact) mass is 254 g/mol. The van der Waals surface area contributed by atoms with E-state index in [4.69, 9.17) is 0 Å². The number of aromatic nitrogens is 1. The summed E-state index contributed by atoms with van der Waals surface area (Å²) in [5, 5.41) is 6.70. The van der Waals surface area contributed by atoms with Crippen molar-refractivity contribution >= 4 is 11.5 Å². The SMILES string of the molecule is c1ccc(CNc2cc(N3CCNC3)ccn2)cc1. The van der Waals surface area contributed by atoms with E-state index in [-0.39, 0.29) is 0 Å². The van der Waals surface area contributed by atoms with E-state index in [0.717, 1.165) is 32.1 Å². The van der Waals surface area contributed by atoms with Crippen molar-refractivity contribution in [2.24, 2.45) is 0 Å². The minimum atomic E-state index is 0.801. The first kappa shape index (κ1) is 12.0. The molecule has 3 rings (SSSR count). The van der Waals surface area contributed by atoms with Crippen molar-refractivity contribution in [1.29, 1.82) is 0 Å². The minimum absolute atomic E-state index is 0.801. The number of rotatable bonds is 4. The average molecular weight is 254 g/mol. The molecule has 2 N–H and O–H groups in total. The number of anilines is 2. The number of nitrogens with zero attached hydrogens (tertiary/aromatic N) is 2. The van der Waals surface area contributed by atoms with Gasteiger partial charge in [0.1, 0.15) is 5.82 Å². The number of pyridine rings is 1. The van der Waals surface area contributed by atoms with Crippen LogP contribution in [-0.4, -0.2) is 24.7 Å². The first-order valence-electron chi connectivity index (χ1n) is 6.61. The fourth-order valence-electron chi connectivity index (χ4n) is 2.23. The summed E-state index contributed by atoms with van der Waals surface area (Å²) < 4.78 is 0. The van der Waals surface area contributed by atoms with Gasteiger partial charge >= 0.3 is 0 Å². The molecule has 0 spiro atoms. The maximum absolute atomic E-state index is 4.37. The Bertz CT molecular complexity index is 521. The lowest BCUT2D eigenvalue weighted by molar-refractivity contribution is 0.855. The van der Waals surface area contributed by atoms with Crippen molar-refractivity contribution in [1.82, 2.24) is 10.3 Å². The zero-order valence-corrected chi connectivity index (χ0v) is 10.8. The van der Waals surface area contributed by atoms with Gasteiger partial charge in [0.15, 0.2) is 0 Å². The van der Waals surface area contributed by atoms with Gasteiger partial charge in [-0.1, -0.05) is 30.3 Å². The number of hydrogen-bond donors (Lipinski definition) is 2. The van der Waals surface area contributed by atoms with Crippen LogP contribution in [0.5, 0.6) is 0 Å². The summed E-state index contributed by atoms with van der Waals surface area (Å²) in [6, 6.07) is 14.5. The van der Waals surface area contributed by atoms with Crippen LogP contribution >= 0.6 is 0 Å². The predicted molar refractivity (Wildman–Crippen MR) is 78.2 cm³/mol. The Morgan fingerprint density at radius 3 is 2.89 bits per heavy atom. The molecule has 1 aliphatic rings. The van der Waals surface area contributed by atoms with Gasteiger partial charge < -0.3 is 10.2 Å². The maximum Gasteiger partial charge on any atom is 0.128 e. The Kier molecular flexibility index (Phi) is 3.61. The van der Waals surface area contributed by atoms with E-state index < -0.39 is 0 Å². The van der Waals surface area contributed by atoms with Crippen LogP contribution in [-0.2, 0) is 6.54 Å². The molecular formula is C15H18N4. The third-order valence-corrected chi connectivity index (χ3v) is 3.29. The Labute approximate surface area is 113 Å². The van der Waals surface area contributed by atoms with Crippen molar-refractivity contribution in [3.63, 3.8) is 0 Å². The molecule has 0 unspecified atom stereocenters. The first-order chi connectivity index (χ1) is 9.42. The summed E-state index contributed by atoms with van der Waals surface area (Å²) in [5.41, 5.74) is 2.48. The average Bonchev–Trinajstić information content (AvgIpc) is 3.01. The van der Waals surface area contributed by atoms with Crippen LogP contribution in [0.3, 0.4) is 0 Å². The highest BCUT2D eigenvalue weighted by Crippen LogP contribution is 2.18. The van der Waals surface area contributed by atoms with Crippen LogP contribution in [0.25, 0.3) is 0 Å². The molecule has 0 radical (unpaired) electrons. The van der Waals surface area contributed by atoms with Crippen molar-refractivity contribution in [2.45, 2.75) is 6.54 Å². The van der Waals surface area contributed by atoms with Gasteiger partial charge in [0, 0.05) is 37.6 Å². The van der Waals surface area contributed by atoms with Crippen LogP contribution in [0, 0.1) is 0 Å². The van der Waals surface area contributed by atoms with Gasteiger partial charge in [-0.15, -0.1) is 0 Å². The van der Waals surface area contributed by atoms with Crippen molar-refractivity contribution in [3.8, 4) is 0 Å². The smallest absolute Gasteiger partial charge is 0.128 e. The third kappa shape index (κ3) is 3.03. The summed E-state index contributed by atoms with van der Waals surface area (Å²) in [6.07, 6.45) is 1.86. The second kappa shape index (κ2) is 5.71. The van der Waals surface area contributed by atoms with Gasteiger partial charge in [-0.3, -0.25) is 5.32 Å². The second-order valence-electron chi connectivity index (χ2n) is 4.66. The van der Waals surface area contributed by atoms with Gasteiger partial charge in [-0.25, -0.2) is 4.98 Å². The molecule has 1 aromatic heterocycles. The molecule has 19 heavy (non-hydrogen) atoms. The van der Waals surface area contributed by atoms with Crippen LogP contribution in [0.1, 0.15) is 5.56 Å². The van der Waals surface area contributed by atoms with Gasteiger partial charge in [-0.05, 0) is 11.6 Å². The van der Waals surface area contributed by atoms with Crippen molar-refractivity contribution < 1.29 is 0 Å². The van der Waals surface area contributed by atoms with E-state index in [1.165, 1.54) is 11.3 Å². The fourth-order valence-corrected chi connectivity index (χ4v) is 2.23. The molecule has 2 heterocycles. The maximum atomic E-state index is 4.37. The minimum Gasteiger partial charge on any atom is -0.366 e. The molecule has 0 aliphatic carbocycles. The van der Waals surface area contributed by atoms with E-state index in [9.17, 15) is 0 Å². The van der Waals surface area contributed by atoms with Crippen LogP contribution in [0.4, 0.5) is 11.5 Å². The molecule has 4 heteroatoms. The van der Waals surface area contributed by atoms with Crippen LogP contribution in [0.2, 0.25) is 0 Å². The Morgan fingerprint density at radius 1 is 1.21 bits per heavy atom. The Balaban J connectivity index is 1.66. The van der Waals surface area contributed by atoms with E-state index in [1.807, 2.05) is 12.3 Å². The Morgan fingerprint density at radius 2 is 2.11 bits per heavy atom. The normalized spacial score (nSPS) is 14.6. The topological polar surface area (TPSA) is 40.2 Å². The fraction of sp³-hybridized carbons (Fsp3) is 0.267. The van der Waals surface area contributed by atoms with Gasteiger partial charge in [0.25, 0.3) is 0 Å². The molecule has 1 aromatic carbocycles. The lowest BCUT2D eigenvalue weighted by Crippen LogP contribution is -2.21. The highest BCUT2D eigenvalue weighted by Gasteiger charge is 2.11. The molecule has 0 atom stereocenters. The van der Waals surface area contributed by atoms with Gasteiger partial charge in [0.05, 0.1) is 6.67 Å². The lowest BCUT2D eigenvalue weighted by atomic mass is 10.2. The summed E-state index contributed by atoms with van der Waals surface area (Å²) in [6.45, 7) is 3.83. The van der Waals surface area contributed by atoms with Gasteiger partial charge in [-0.2, -0.15) is 0 Å². The van der Waals surface area contributed by atoms with E-state index in [2.05, 4.69) is 56.9 Å². The molecule has 0 amide bonds. The molecule has 0 bridgehead atoms. The zero-order valence-electron chi connectivity index (χ0n) is 10.8. The van der Waals surface area contributed by atoms with Crippen molar-refractivity contribution in [3.05, 3.63) is 54.2 Å². The lowest BCUT2D eigenvalue weighted by Gasteiger charge is -2.17. The quantitative estimate of drug-likeness (QED) is 0.876. The predicted octanol–water partition coefficient (Wildman–Crippen LogP) is 2.06. The molecule has 1 saturated heterocycles. The van der Waals surface area contributed by atoms with Gasteiger partial charge in [0.2, 0.25) is 0 Å². The van der Waals surface area contributed by atoms with Crippen molar-refractivity contribution in [2.75, 3.05) is 30.0 Å². The zero-order chi connectivity index (χ0) is 12.9. The van der Waals surface area contributed by atoms with E-state index >= 15 is 0 Å². The molecule has 4 nitrogen and oxygen atoms in total. The van der Waals surface area contributed by atoms with E-state index in [0.29, 0.717) is 0 Å². The van der Waals surface area contributed by atoms with Crippen LogP contribution < -0.4 is 15.5 Å². The number of benzene rings is 1. The molecule has 98 valence electrons. The number of hydrogen-bond acceptors (Lipinski definition) is 4. The standard InChI is InChI=1S/C15H18N4/c1-2-4-13(5-3-1)11-18-15-10-14(6-7-17-15)19-9-8-16-12-19/h1-7,10,16H,8-9,11-12H2,(H,17,18). The van der Waals surface area contributed by atoms with Crippen LogP contribution in [0.15, 0.2) is 48.7 Å². The largest absolute Gasteiger partial charge is 0.366 e. The molecule has 1 fully saturated rings. The first-order valence-corrected chi connectivity index (χ1v) is 6.61. The highest BCUT2D eigenvalue weighted by molar-refractivity contribution is 5.54. The summed E-state index contributed by atoms with van der Waals surface area (Å²) in [7, 11) is 0. The number of nitrogens with one attached hydrogen (secondary N) is 2.